The van der Waals surface area contributed by atoms with Crippen LogP contribution < -0.4 is 10.6 Å². The Morgan fingerprint density at radius 2 is 2.20 bits per heavy atom. The maximum Gasteiger partial charge on any atom is 0.319 e. The second-order valence-corrected chi connectivity index (χ2v) is 3.30. The van der Waals surface area contributed by atoms with Crippen molar-refractivity contribution in [1.82, 2.24) is 0 Å². The minimum absolute atomic E-state index is 0.450. The Bertz CT molecular complexity index is 428. The number of carbonyl (C=O) groups is 1. The fourth-order valence-corrected chi connectivity index (χ4v) is 1.76. The normalized spacial score (nSPS) is 17.6. The number of primary amides is 1. The summed E-state index contributed by atoms with van der Waals surface area (Å²) in [6.07, 6.45) is 0.510. The van der Waals surface area contributed by atoms with Crippen LogP contribution in [0.2, 0.25) is 0 Å². The zero-order valence-corrected chi connectivity index (χ0v) is 8.05. The van der Waals surface area contributed by atoms with E-state index in [1.807, 2.05) is 12.1 Å². The Hall–Kier alpha value is -2.04. The Morgan fingerprint density at radius 1 is 1.47 bits per heavy atom. The van der Waals surface area contributed by atoms with Crippen LogP contribution in [0.4, 0.5) is 10.5 Å². The Morgan fingerprint density at radius 3 is 2.87 bits per heavy atom. The first-order valence-corrected chi connectivity index (χ1v) is 4.61. The fourth-order valence-electron chi connectivity index (χ4n) is 1.76. The molecule has 0 fully saturated rings. The van der Waals surface area contributed by atoms with Gasteiger partial charge in [-0.15, -0.1) is 0 Å². The Balaban J connectivity index is 2.53. The van der Waals surface area contributed by atoms with Gasteiger partial charge >= 0.3 is 6.03 Å². The van der Waals surface area contributed by atoms with Crippen LogP contribution in [0.25, 0.3) is 0 Å². The number of benzene rings is 1. The largest absolute Gasteiger partial charge is 0.411 e. The number of anilines is 1. The van der Waals surface area contributed by atoms with Crippen LogP contribution in [-0.4, -0.2) is 23.5 Å². The highest BCUT2D eigenvalue weighted by molar-refractivity contribution is 6.10. The minimum Gasteiger partial charge on any atom is -0.411 e. The molecule has 1 aromatic carbocycles. The van der Waals surface area contributed by atoms with Gasteiger partial charge < -0.3 is 10.9 Å². The highest BCUT2D eigenvalue weighted by Crippen LogP contribution is 2.26. The average Bonchev–Trinajstić information content (AvgIpc) is 2.27. The standard InChI is InChI=1S/C10H11N3O2/c11-10(14)13-6-5-8(12-15)7-3-1-2-4-9(7)13/h1-4,15H,5-6H2,(H2,11,14). The van der Waals surface area contributed by atoms with Crippen molar-refractivity contribution in [3.8, 4) is 0 Å². The SMILES string of the molecule is NC(=O)N1CCC(=NO)c2ccccc21. The van der Waals surface area contributed by atoms with E-state index in [2.05, 4.69) is 5.16 Å². The number of amides is 2. The van der Waals surface area contributed by atoms with Crippen LogP contribution >= 0.6 is 0 Å². The quantitative estimate of drug-likeness (QED) is 0.492. The van der Waals surface area contributed by atoms with Gasteiger partial charge in [0.25, 0.3) is 0 Å². The maximum absolute atomic E-state index is 11.2. The second-order valence-electron chi connectivity index (χ2n) is 3.30. The van der Waals surface area contributed by atoms with Crippen molar-refractivity contribution in [3.05, 3.63) is 29.8 Å². The van der Waals surface area contributed by atoms with Gasteiger partial charge in [-0.05, 0) is 6.07 Å². The van der Waals surface area contributed by atoms with Gasteiger partial charge in [-0.25, -0.2) is 4.79 Å². The third kappa shape index (κ3) is 1.52. The highest BCUT2D eigenvalue weighted by Gasteiger charge is 2.24. The molecule has 0 aliphatic carbocycles. The van der Waals surface area contributed by atoms with Crippen molar-refractivity contribution < 1.29 is 10.0 Å². The number of nitrogens with zero attached hydrogens (tertiary/aromatic N) is 2. The topological polar surface area (TPSA) is 78.9 Å². The van der Waals surface area contributed by atoms with Gasteiger partial charge in [0.1, 0.15) is 0 Å². The molecule has 0 unspecified atom stereocenters. The second kappa shape index (κ2) is 3.61. The van der Waals surface area contributed by atoms with Crippen LogP contribution in [0.3, 0.4) is 0 Å². The van der Waals surface area contributed by atoms with E-state index in [9.17, 15) is 4.79 Å². The molecule has 0 atom stereocenters. The molecule has 0 aromatic heterocycles. The first kappa shape index (κ1) is 9.51. The number of urea groups is 1. The molecule has 2 rings (SSSR count). The predicted molar refractivity (Wildman–Crippen MR) is 56.3 cm³/mol. The number of oxime groups is 1. The summed E-state index contributed by atoms with van der Waals surface area (Å²) in [5.41, 5.74) is 7.29. The van der Waals surface area contributed by atoms with E-state index in [-0.39, 0.29) is 0 Å². The Labute approximate surface area is 86.8 Å². The van der Waals surface area contributed by atoms with Crippen molar-refractivity contribution >= 4 is 17.4 Å². The molecule has 5 heteroatoms. The first-order chi connectivity index (χ1) is 7.24. The summed E-state index contributed by atoms with van der Waals surface area (Å²) >= 11 is 0. The molecule has 0 bridgehead atoms. The number of nitrogens with two attached hydrogens (primary N) is 1. The number of fused-ring (bicyclic) bond motifs is 1. The van der Waals surface area contributed by atoms with Crippen LogP contribution in [0.5, 0.6) is 0 Å². The lowest BCUT2D eigenvalue weighted by Gasteiger charge is -2.27. The average molecular weight is 205 g/mol. The zero-order valence-electron chi connectivity index (χ0n) is 8.05. The van der Waals surface area contributed by atoms with Crippen molar-refractivity contribution in [2.75, 3.05) is 11.4 Å². The molecule has 1 aliphatic heterocycles. The summed E-state index contributed by atoms with van der Waals surface area (Å²) in [5.74, 6) is 0. The lowest BCUT2D eigenvalue weighted by Crippen LogP contribution is -2.41. The van der Waals surface area contributed by atoms with E-state index in [4.69, 9.17) is 10.9 Å². The van der Waals surface area contributed by atoms with Gasteiger partial charge in [0, 0.05) is 18.5 Å². The molecule has 0 spiro atoms. The summed E-state index contributed by atoms with van der Waals surface area (Å²) < 4.78 is 0. The van der Waals surface area contributed by atoms with Crippen LogP contribution in [-0.2, 0) is 0 Å². The van der Waals surface area contributed by atoms with E-state index < -0.39 is 6.03 Å². The minimum atomic E-state index is -0.487. The summed E-state index contributed by atoms with van der Waals surface area (Å²) in [5, 5.41) is 12.0. The molecule has 0 saturated heterocycles. The number of hydrogen-bond donors (Lipinski definition) is 2. The molecule has 3 N–H and O–H groups in total. The highest BCUT2D eigenvalue weighted by atomic mass is 16.4. The van der Waals surface area contributed by atoms with Gasteiger partial charge in [0.15, 0.2) is 0 Å². The zero-order chi connectivity index (χ0) is 10.8. The summed E-state index contributed by atoms with van der Waals surface area (Å²) in [4.78, 5) is 12.6. The predicted octanol–water partition coefficient (Wildman–Crippen LogP) is 1.15. The number of carbonyl (C=O) groups excluding carboxylic acids is 1. The molecule has 1 aliphatic rings. The van der Waals surface area contributed by atoms with Gasteiger partial charge in [-0.3, -0.25) is 4.90 Å². The number of hydrogen-bond acceptors (Lipinski definition) is 3. The van der Waals surface area contributed by atoms with E-state index >= 15 is 0 Å². The molecule has 1 aromatic rings. The lowest BCUT2D eigenvalue weighted by atomic mass is 10.00. The van der Waals surface area contributed by atoms with Crippen molar-refractivity contribution in [1.29, 1.82) is 0 Å². The van der Waals surface area contributed by atoms with E-state index in [1.165, 1.54) is 4.90 Å². The number of para-hydroxylation sites is 1. The molecule has 1 heterocycles. The van der Waals surface area contributed by atoms with Gasteiger partial charge in [-0.2, -0.15) is 0 Å². The molecule has 78 valence electrons. The van der Waals surface area contributed by atoms with Crippen LogP contribution in [0.15, 0.2) is 29.4 Å². The molecule has 5 nitrogen and oxygen atoms in total. The number of rotatable bonds is 0. The maximum atomic E-state index is 11.2. The molecular formula is C10H11N3O2. The monoisotopic (exact) mass is 205 g/mol. The van der Waals surface area contributed by atoms with Gasteiger partial charge in [-0.1, -0.05) is 23.4 Å². The molecule has 15 heavy (non-hydrogen) atoms. The molecule has 0 saturated carbocycles. The van der Waals surface area contributed by atoms with E-state index in [0.717, 1.165) is 5.56 Å². The molecule has 2 amide bonds. The summed E-state index contributed by atoms with van der Waals surface area (Å²) in [6.45, 7) is 0.450. The molecule has 0 radical (unpaired) electrons. The van der Waals surface area contributed by atoms with Crippen molar-refractivity contribution in [2.45, 2.75) is 6.42 Å². The third-order valence-corrected chi connectivity index (χ3v) is 2.46. The fraction of sp³-hybridized carbons (Fsp3) is 0.200. The van der Waals surface area contributed by atoms with Crippen molar-refractivity contribution in [2.24, 2.45) is 10.9 Å². The van der Waals surface area contributed by atoms with Crippen LogP contribution in [0, 0.1) is 0 Å². The Kier molecular flexibility index (Phi) is 2.29. The first-order valence-electron chi connectivity index (χ1n) is 4.61. The van der Waals surface area contributed by atoms with E-state index in [1.54, 1.807) is 12.1 Å². The van der Waals surface area contributed by atoms with Crippen molar-refractivity contribution in [3.63, 3.8) is 0 Å². The molecular weight excluding hydrogens is 194 g/mol. The summed E-state index contributed by atoms with van der Waals surface area (Å²) in [7, 11) is 0. The van der Waals surface area contributed by atoms with E-state index in [0.29, 0.717) is 24.4 Å². The smallest absolute Gasteiger partial charge is 0.319 e. The lowest BCUT2D eigenvalue weighted by molar-refractivity contribution is 0.254. The van der Waals surface area contributed by atoms with Gasteiger partial charge in [0.2, 0.25) is 0 Å². The van der Waals surface area contributed by atoms with Gasteiger partial charge in [0.05, 0.1) is 11.4 Å². The third-order valence-electron chi connectivity index (χ3n) is 2.46. The summed E-state index contributed by atoms with van der Waals surface area (Å²) in [6, 6.07) is 6.74. The van der Waals surface area contributed by atoms with Crippen LogP contribution in [0.1, 0.15) is 12.0 Å².